The second kappa shape index (κ2) is 6.90. The van der Waals surface area contributed by atoms with Gasteiger partial charge in [0.2, 0.25) is 5.91 Å². The first-order chi connectivity index (χ1) is 10.0. The van der Waals surface area contributed by atoms with Crippen LogP contribution in [0.4, 0.5) is 0 Å². The molecule has 0 saturated heterocycles. The highest BCUT2D eigenvalue weighted by atomic mass is 16.2. The molecular formula is C18H26N2O. The number of hydrogen-bond acceptors (Lipinski definition) is 2. The van der Waals surface area contributed by atoms with Gasteiger partial charge in [-0.1, -0.05) is 44.2 Å². The van der Waals surface area contributed by atoms with Crippen molar-refractivity contribution in [1.82, 2.24) is 9.80 Å². The predicted octanol–water partition coefficient (Wildman–Crippen LogP) is 3.28. The number of amides is 1. The summed E-state index contributed by atoms with van der Waals surface area (Å²) in [6.45, 7) is 7.98. The highest BCUT2D eigenvalue weighted by Gasteiger charge is 2.27. The van der Waals surface area contributed by atoms with Gasteiger partial charge in [-0.3, -0.25) is 9.69 Å². The number of carbonyl (C=O) groups is 1. The topological polar surface area (TPSA) is 23.6 Å². The van der Waals surface area contributed by atoms with Crippen LogP contribution in [0, 0.1) is 5.92 Å². The molecule has 3 nitrogen and oxygen atoms in total. The monoisotopic (exact) mass is 286 g/mol. The van der Waals surface area contributed by atoms with Gasteiger partial charge in [0.05, 0.1) is 6.54 Å². The van der Waals surface area contributed by atoms with Crippen LogP contribution in [0.5, 0.6) is 0 Å². The highest BCUT2D eigenvalue weighted by Crippen LogP contribution is 2.26. The number of carbonyl (C=O) groups excluding carboxylic acids is 1. The van der Waals surface area contributed by atoms with Gasteiger partial charge in [-0.05, 0) is 25.6 Å². The van der Waals surface area contributed by atoms with Crippen LogP contribution < -0.4 is 0 Å². The van der Waals surface area contributed by atoms with Gasteiger partial charge >= 0.3 is 0 Å². The summed E-state index contributed by atoms with van der Waals surface area (Å²) in [6, 6.07) is 10.6. The summed E-state index contributed by atoms with van der Waals surface area (Å²) in [5.74, 6) is 0.583. The van der Waals surface area contributed by atoms with Crippen LogP contribution in [0.15, 0.2) is 42.1 Å². The lowest BCUT2D eigenvalue weighted by Crippen LogP contribution is -2.42. The van der Waals surface area contributed by atoms with E-state index in [9.17, 15) is 4.79 Å². The van der Waals surface area contributed by atoms with Crippen LogP contribution >= 0.6 is 0 Å². The zero-order valence-electron chi connectivity index (χ0n) is 13.5. The SMILES string of the molecule is CCC(=O)N(Cc1ccccc1)C1=CC(C)N(C)CC1C. The van der Waals surface area contributed by atoms with Crippen molar-refractivity contribution in [2.45, 2.75) is 39.8 Å². The predicted molar refractivity (Wildman–Crippen MR) is 86.6 cm³/mol. The van der Waals surface area contributed by atoms with E-state index in [0.29, 0.717) is 24.9 Å². The Morgan fingerprint density at radius 1 is 1.29 bits per heavy atom. The Morgan fingerprint density at radius 2 is 1.95 bits per heavy atom. The largest absolute Gasteiger partial charge is 0.312 e. The normalized spacial score (nSPS) is 22.8. The molecule has 1 aromatic carbocycles. The molecular weight excluding hydrogens is 260 g/mol. The Hall–Kier alpha value is -1.61. The minimum absolute atomic E-state index is 0.203. The minimum Gasteiger partial charge on any atom is -0.312 e. The molecule has 0 bridgehead atoms. The molecule has 2 rings (SSSR count). The first-order valence-electron chi connectivity index (χ1n) is 7.79. The van der Waals surface area contributed by atoms with E-state index in [0.717, 1.165) is 6.54 Å². The summed E-state index contributed by atoms with van der Waals surface area (Å²) in [4.78, 5) is 16.7. The van der Waals surface area contributed by atoms with Crippen LogP contribution in [0.1, 0.15) is 32.8 Å². The number of likely N-dealkylation sites (N-methyl/N-ethyl adjacent to an activating group) is 1. The summed E-state index contributed by atoms with van der Waals surface area (Å²) >= 11 is 0. The summed E-state index contributed by atoms with van der Waals surface area (Å²) in [7, 11) is 2.14. The average molecular weight is 286 g/mol. The quantitative estimate of drug-likeness (QED) is 0.848. The third kappa shape index (κ3) is 3.73. The van der Waals surface area contributed by atoms with E-state index in [1.54, 1.807) is 0 Å². The molecule has 1 aliphatic heterocycles. The van der Waals surface area contributed by atoms with Gasteiger partial charge in [0.25, 0.3) is 0 Å². The maximum absolute atomic E-state index is 12.4. The van der Waals surface area contributed by atoms with E-state index in [2.05, 4.69) is 44.0 Å². The first-order valence-corrected chi connectivity index (χ1v) is 7.79. The van der Waals surface area contributed by atoms with Crippen molar-refractivity contribution in [2.24, 2.45) is 5.92 Å². The van der Waals surface area contributed by atoms with E-state index < -0.39 is 0 Å². The Bertz CT molecular complexity index is 509. The van der Waals surface area contributed by atoms with Crippen molar-refractivity contribution in [3.63, 3.8) is 0 Å². The van der Waals surface area contributed by atoms with E-state index in [4.69, 9.17) is 0 Å². The Kier molecular flexibility index (Phi) is 5.18. The molecule has 0 N–H and O–H groups in total. The van der Waals surface area contributed by atoms with Crippen molar-refractivity contribution in [2.75, 3.05) is 13.6 Å². The van der Waals surface area contributed by atoms with Gasteiger partial charge < -0.3 is 4.90 Å². The van der Waals surface area contributed by atoms with Crippen LogP contribution in [0.2, 0.25) is 0 Å². The van der Waals surface area contributed by atoms with Crippen molar-refractivity contribution in [3.05, 3.63) is 47.7 Å². The standard InChI is InChI=1S/C18H26N2O/c1-5-18(21)20(13-16-9-7-6-8-10-16)17-11-15(3)19(4)12-14(17)2/h6-11,14-15H,5,12-13H2,1-4H3. The molecule has 2 unspecified atom stereocenters. The molecule has 0 aliphatic carbocycles. The lowest BCUT2D eigenvalue weighted by atomic mass is 9.97. The molecule has 0 saturated carbocycles. The molecule has 0 fully saturated rings. The number of nitrogens with zero attached hydrogens (tertiary/aromatic N) is 2. The molecule has 3 heteroatoms. The van der Waals surface area contributed by atoms with Gasteiger partial charge in [-0.25, -0.2) is 0 Å². The summed E-state index contributed by atoms with van der Waals surface area (Å²) in [5.41, 5.74) is 2.36. The fourth-order valence-electron chi connectivity index (χ4n) is 2.87. The fraction of sp³-hybridized carbons (Fsp3) is 0.500. The number of rotatable bonds is 4. The smallest absolute Gasteiger partial charge is 0.226 e. The third-order valence-corrected chi connectivity index (χ3v) is 4.27. The van der Waals surface area contributed by atoms with Gasteiger partial charge in [-0.15, -0.1) is 0 Å². The Morgan fingerprint density at radius 3 is 2.57 bits per heavy atom. The minimum atomic E-state index is 0.203. The van der Waals surface area contributed by atoms with Crippen molar-refractivity contribution >= 4 is 5.91 Å². The highest BCUT2D eigenvalue weighted by molar-refractivity contribution is 5.78. The summed E-state index contributed by atoms with van der Waals surface area (Å²) in [5, 5.41) is 0. The van der Waals surface area contributed by atoms with Crippen LogP contribution in [0.25, 0.3) is 0 Å². The summed E-state index contributed by atoms with van der Waals surface area (Å²) < 4.78 is 0. The zero-order chi connectivity index (χ0) is 15.4. The third-order valence-electron chi connectivity index (χ3n) is 4.27. The van der Waals surface area contributed by atoms with Gasteiger partial charge in [0, 0.05) is 30.6 Å². The van der Waals surface area contributed by atoms with E-state index >= 15 is 0 Å². The van der Waals surface area contributed by atoms with Gasteiger partial charge in [0.1, 0.15) is 0 Å². The van der Waals surface area contributed by atoms with Crippen molar-refractivity contribution in [3.8, 4) is 0 Å². The maximum Gasteiger partial charge on any atom is 0.226 e. The van der Waals surface area contributed by atoms with Crippen LogP contribution in [-0.4, -0.2) is 35.3 Å². The van der Waals surface area contributed by atoms with E-state index in [1.165, 1.54) is 11.3 Å². The Labute approximate surface area is 128 Å². The molecule has 1 heterocycles. The molecule has 21 heavy (non-hydrogen) atoms. The molecule has 0 radical (unpaired) electrons. The fourth-order valence-corrected chi connectivity index (χ4v) is 2.87. The second-order valence-corrected chi connectivity index (χ2v) is 5.99. The second-order valence-electron chi connectivity index (χ2n) is 5.99. The van der Waals surface area contributed by atoms with Gasteiger partial charge in [-0.2, -0.15) is 0 Å². The lowest BCUT2D eigenvalue weighted by Gasteiger charge is -2.38. The van der Waals surface area contributed by atoms with Crippen LogP contribution in [-0.2, 0) is 11.3 Å². The average Bonchev–Trinajstić information content (AvgIpc) is 2.49. The van der Waals surface area contributed by atoms with Crippen LogP contribution in [0.3, 0.4) is 0 Å². The Balaban J connectivity index is 2.28. The van der Waals surface area contributed by atoms with Crippen molar-refractivity contribution in [1.29, 1.82) is 0 Å². The molecule has 2 atom stereocenters. The number of hydrogen-bond donors (Lipinski definition) is 0. The molecule has 114 valence electrons. The van der Waals surface area contributed by atoms with Gasteiger partial charge in [0.15, 0.2) is 0 Å². The molecule has 1 amide bonds. The van der Waals surface area contributed by atoms with Crippen molar-refractivity contribution < 1.29 is 4.79 Å². The number of benzene rings is 1. The maximum atomic E-state index is 12.4. The molecule has 1 aliphatic rings. The lowest BCUT2D eigenvalue weighted by molar-refractivity contribution is -0.130. The molecule has 0 spiro atoms. The molecule has 1 aromatic rings. The molecule has 0 aromatic heterocycles. The van der Waals surface area contributed by atoms with E-state index in [-0.39, 0.29) is 5.91 Å². The summed E-state index contributed by atoms with van der Waals surface area (Å²) in [6.07, 6.45) is 2.78. The first kappa shape index (κ1) is 15.8. The zero-order valence-corrected chi connectivity index (χ0v) is 13.5. The van der Waals surface area contributed by atoms with E-state index in [1.807, 2.05) is 30.0 Å².